The molecule has 2 nitrogen and oxygen atoms in total. The van der Waals surface area contributed by atoms with E-state index in [4.69, 9.17) is 9.84 Å². The second kappa shape index (κ2) is 2.89. The summed E-state index contributed by atoms with van der Waals surface area (Å²) >= 11 is 0. The average molecular weight is 144 g/mol. The molecule has 60 valence electrons. The number of hydrogen-bond donors (Lipinski definition) is 1. The van der Waals surface area contributed by atoms with Crippen molar-refractivity contribution in [1.29, 1.82) is 0 Å². The lowest BCUT2D eigenvalue weighted by Crippen LogP contribution is -2.27. The molecule has 0 aromatic rings. The second-order valence-corrected chi connectivity index (χ2v) is 3.40. The van der Waals surface area contributed by atoms with E-state index in [1.807, 2.05) is 0 Å². The lowest BCUT2D eigenvalue weighted by molar-refractivity contribution is 0.142. The number of rotatable bonds is 2. The fourth-order valence-corrected chi connectivity index (χ4v) is 1.42. The van der Waals surface area contributed by atoms with Gasteiger partial charge in [-0.25, -0.2) is 0 Å². The van der Waals surface area contributed by atoms with Crippen LogP contribution in [0.1, 0.15) is 20.3 Å². The maximum Gasteiger partial charge on any atom is 0.0524 e. The first-order valence-corrected chi connectivity index (χ1v) is 3.91. The Bertz CT molecular complexity index is 114. The van der Waals surface area contributed by atoms with Crippen LogP contribution in [-0.4, -0.2) is 24.9 Å². The molecule has 0 amide bonds. The summed E-state index contributed by atoms with van der Waals surface area (Å²) in [5.74, 6) is 0.359. The monoisotopic (exact) mass is 144 g/mol. The lowest BCUT2D eigenvalue weighted by Gasteiger charge is -2.26. The summed E-state index contributed by atoms with van der Waals surface area (Å²) in [6.07, 6.45) is 1.10. The minimum atomic E-state index is 0.231. The summed E-state index contributed by atoms with van der Waals surface area (Å²) in [4.78, 5) is 0. The minimum Gasteiger partial charge on any atom is -0.396 e. The van der Waals surface area contributed by atoms with E-state index in [0.717, 1.165) is 19.6 Å². The van der Waals surface area contributed by atoms with Crippen LogP contribution < -0.4 is 0 Å². The molecule has 1 rings (SSSR count). The van der Waals surface area contributed by atoms with Gasteiger partial charge in [0, 0.05) is 12.5 Å². The normalized spacial score (nSPS) is 40.5. The number of hydrogen-bond acceptors (Lipinski definition) is 2. The topological polar surface area (TPSA) is 29.5 Å². The maximum atomic E-state index is 8.95. The molecule has 1 aliphatic heterocycles. The average Bonchev–Trinajstić information content (AvgIpc) is 2.32. The summed E-state index contributed by atoms with van der Waals surface area (Å²) in [6.45, 7) is 6.15. The molecule has 10 heavy (non-hydrogen) atoms. The maximum absolute atomic E-state index is 8.95. The molecule has 0 aromatic heterocycles. The van der Waals surface area contributed by atoms with Crippen LogP contribution in [0, 0.1) is 11.3 Å². The molecule has 1 saturated heterocycles. The van der Waals surface area contributed by atoms with E-state index < -0.39 is 0 Å². The van der Waals surface area contributed by atoms with Crippen LogP contribution >= 0.6 is 0 Å². The summed E-state index contributed by atoms with van der Waals surface area (Å²) < 4.78 is 5.29. The van der Waals surface area contributed by atoms with Crippen molar-refractivity contribution in [3.8, 4) is 0 Å². The van der Waals surface area contributed by atoms with E-state index in [1.165, 1.54) is 0 Å². The zero-order valence-corrected chi connectivity index (χ0v) is 6.76. The summed E-state index contributed by atoms with van der Waals surface area (Å²) in [6, 6.07) is 0. The molecule has 0 bridgehead atoms. The number of aliphatic hydroxyl groups excluding tert-OH is 1. The third-order valence-corrected chi connectivity index (χ3v) is 2.76. The predicted molar refractivity (Wildman–Crippen MR) is 39.8 cm³/mol. The van der Waals surface area contributed by atoms with E-state index >= 15 is 0 Å². The molecule has 0 saturated carbocycles. The van der Waals surface area contributed by atoms with Crippen LogP contribution in [0.5, 0.6) is 0 Å². The van der Waals surface area contributed by atoms with E-state index in [1.54, 1.807) is 0 Å². The Morgan fingerprint density at radius 2 is 2.40 bits per heavy atom. The van der Waals surface area contributed by atoms with Crippen molar-refractivity contribution < 1.29 is 9.84 Å². The van der Waals surface area contributed by atoms with Gasteiger partial charge in [-0.05, 0) is 11.8 Å². The van der Waals surface area contributed by atoms with E-state index in [9.17, 15) is 0 Å². The van der Waals surface area contributed by atoms with Crippen molar-refractivity contribution in [2.24, 2.45) is 11.3 Å². The van der Waals surface area contributed by atoms with Crippen LogP contribution in [0.2, 0.25) is 0 Å². The van der Waals surface area contributed by atoms with Crippen LogP contribution in [0.3, 0.4) is 0 Å². The van der Waals surface area contributed by atoms with E-state index in [0.29, 0.717) is 5.92 Å². The van der Waals surface area contributed by atoms with Gasteiger partial charge >= 0.3 is 0 Å². The van der Waals surface area contributed by atoms with Gasteiger partial charge in [0.05, 0.1) is 13.2 Å². The lowest BCUT2D eigenvalue weighted by atomic mass is 9.78. The van der Waals surface area contributed by atoms with Gasteiger partial charge in [0.2, 0.25) is 0 Å². The highest BCUT2D eigenvalue weighted by Gasteiger charge is 2.37. The molecule has 0 aliphatic carbocycles. The Hall–Kier alpha value is -0.0800. The van der Waals surface area contributed by atoms with Gasteiger partial charge in [-0.3, -0.25) is 0 Å². The molecule has 1 fully saturated rings. The quantitative estimate of drug-likeness (QED) is 0.627. The molecule has 2 unspecified atom stereocenters. The van der Waals surface area contributed by atoms with Crippen molar-refractivity contribution in [1.82, 2.24) is 0 Å². The fraction of sp³-hybridized carbons (Fsp3) is 1.00. The van der Waals surface area contributed by atoms with Crippen molar-refractivity contribution in [3.05, 3.63) is 0 Å². The van der Waals surface area contributed by atoms with Crippen LogP contribution in [-0.2, 0) is 4.74 Å². The van der Waals surface area contributed by atoms with Crippen molar-refractivity contribution in [2.45, 2.75) is 20.3 Å². The molecule has 1 N–H and O–H groups in total. The first kappa shape index (κ1) is 8.02. The highest BCUT2D eigenvalue weighted by Crippen LogP contribution is 2.36. The first-order chi connectivity index (χ1) is 4.73. The molecular formula is C8H16O2. The van der Waals surface area contributed by atoms with E-state index in [-0.39, 0.29) is 12.0 Å². The van der Waals surface area contributed by atoms with Gasteiger partial charge < -0.3 is 9.84 Å². The van der Waals surface area contributed by atoms with Gasteiger partial charge in [-0.1, -0.05) is 13.8 Å². The van der Waals surface area contributed by atoms with Crippen LogP contribution in [0.15, 0.2) is 0 Å². The second-order valence-electron chi connectivity index (χ2n) is 3.40. The first-order valence-electron chi connectivity index (χ1n) is 3.91. The highest BCUT2D eigenvalue weighted by atomic mass is 16.5. The summed E-state index contributed by atoms with van der Waals surface area (Å²) in [7, 11) is 0. The van der Waals surface area contributed by atoms with Crippen molar-refractivity contribution in [2.75, 3.05) is 19.8 Å². The third-order valence-electron chi connectivity index (χ3n) is 2.76. The van der Waals surface area contributed by atoms with Crippen LogP contribution in [0.4, 0.5) is 0 Å². The highest BCUT2D eigenvalue weighted by molar-refractivity contribution is 4.85. The van der Waals surface area contributed by atoms with Gasteiger partial charge in [-0.15, -0.1) is 0 Å². The predicted octanol–water partition coefficient (Wildman–Crippen LogP) is 1.04. The summed E-state index contributed by atoms with van der Waals surface area (Å²) in [5, 5.41) is 8.95. The molecule has 0 radical (unpaired) electrons. The fourth-order valence-electron chi connectivity index (χ4n) is 1.42. The molecule has 1 aliphatic rings. The van der Waals surface area contributed by atoms with Gasteiger partial charge in [0.15, 0.2) is 0 Å². The molecule has 0 aromatic carbocycles. The van der Waals surface area contributed by atoms with Gasteiger partial charge in [-0.2, -0.15) is 0 Å². The Kier molecular flexibility index (Phi) is 2.32. The Balaban J connectivity index is 2.56. The SMILES string of the molecule is CCC1(C)COCC1CO. The molecule has 0 spiro atoms. The molecule has 2 atom stereocenters. The van der Waals surface area contributed by atoms with Gasteiger partial charge in [0.25, 0.3) is 0 Å². The standard InChI is InChI=1S/C8H16O2/c1-3-8(2)6-10-5-7(8)4-9/h7,9H,3-6H2,1-2H3. The minimum absolute atomic E-state index is 0.231. The zero-order valence-electron chi connectivity index (χ0n) is 6.76. The molecular weight excluding hydrogens is 128 g/mol. The Morgan fingerprint density at radius 3 is 2.80 bits per heavy atom. The zero-order chi connectivity index (χ0) is 7.61. The Morgan fingerprint density at radius 1 is 1.70 bits per heavy atom. The van der Waals surface area contributed by atoms with Crippen molar-refractivity contribution in [3.63, 3.8) is 0 Å². The van der Waals surface area contributed by atoms with E-state index in [2.05, 4.69) is 13.8 Å². The number of aliphatic hydroxyl groups is 1. The summed E-state index contributed by atoms with van der Waals surface area (Å²) in [5.41, 5.74) is 0.231. The molecule has 1 heterocycles. The van der Waals surface area contributed by atoms with Gasteiger partial charge in [0.1, 0.15) is 0 Å². The van der Waals surface area contributed by atoms with Crippen molar-refractivity contribution >= 4 is 0 Å². The third kappa shape index (κ3) is 1.18. The smallest absolute Gasteiger partial charge is 0.0524 e. The largest absolute Gasteiger partial charge is 0.396 e. The Labute approximate surface area is 62.2 Å². The number of ether oxygens (including phenoxy) is 1. The molecule has 2 heteroatoms. The van der Waals surface area contributed by atoms with Crippen LogP contribution in [0.25, 0.3) is 0 Å².